The highest BCUT2D eigenvalue weighted by Gasteiger charge is 2.35. The van der Waals surface area contributed by atoms with Crippen LogP contribution in [0.3, 0.4) is 0 Å². The number of nitrogens with two attached hydrogens (primary N) is 2. The molecule has 132 valence electrons. The summed E-state index contributed by atoms with van der Waals surface area (Å²) in [6, 6.07) is 3.76. The standard InChI is InChI=1S/C16H16F3N5O/c17-16(18,19)9-4-1-5-10-11(9)12-13(25-10)14(23-15(21)22-12)24-6-2-3-8(20)7-24/h1,4-5,8H,2-3,6-7,20H2,(H2,21,22,23). The van der Waals surface area contributed by atoms with E-state index in [2.05, 4.69) is 9.97 Å². The summed E-state index contributed by atoms with van der Waals surface area (Å²) in [4.78, 5) is 10.1. The normalized spacial score (nSPS) is 19.0. The first kappa shape index (κ1) is 15.9. The summed E-state index contributed by atoms with van der Waals surface area (Å²) < 4.78 is 45.9. The van der Waals surface area contributed by atoms with E-state index in [0.717, 1.165) is 18.9 Å². The van der Waals surface area contributed by atoms with Gasteiger partial charge in [-0.05, 0) is 25.0 Å². The maximum Gasteiger partial charge on any atom is 0.417 e. The highest BCUT2D eigenvalue weighted by molar-refractivity contribution is 6.08. The summed E-state index contributed by atoms with van der Waals surface area (Å²) >= 11 is 0. The van der Waals surface area contributed by atoms with Gasteiger partial charge < -0.3 is 20.8 Å². The van der Waals surface area contributed by atoms with E-state index in [0.29, 0.717) is 18.9 Å². The molecule has 6 nitrogen and oxygen atoms in total. The minimum Gasteiger partial charge on any atom is -0.450 e. The monoisotopic (exact) mass is 351 g/mol. The lowest BCUT2D eigenvalue weighted by Gasteiger charge is -2.31. The van der Waals surface area contributed by atoms with Crippen LogP contribution in [0.4, 0.5) is 24.9 Å². The number of alkyl halides is 3. The van der Waals surface area contributed by atoms with E-state index in [4.69, 9.17) is 15.9 Å². The first-order valence-corrected chi connectivity index (χ1v) is 7.91. The molecule has 0 aliphatic carbocycles. The van der Waals surface area contributed by atoms with Gasteiger partial charge in [0.1, 0.15) is 11.1 Å². The summed E-state index contributed by atoms with van der Waals surface area (Å²) in [6.45, 7) is 1.22. The molecule has 0 radical (unpaired) electrons. The summed E-state index contributed by atoms with van der Waals surface area (Å²) in [6.07, 6.45) is -2.77. The van der Waals surface area contributed by atoms with Crippen molar-refractivity contribution in [2.75, 3.05) is 23.7 Å². The van der Waals surface area contributed by atoms with Gasteiger partial charge in [0.25, 0.3) is 0 Å². The van der Waals surface area contributed by atoms with Crippen LogP contribution in [-0.4, -0.2) is 29.1 Å². The average Bonchev–Trinajstić information content (AvgIpc) is 2.91. The molecule has 0 saturated carbocycles. The Hall–Kier alpha value is -2.55. The fraction of sp³-hybridized carbons (Fsp3) is 0.375. The Morgan fingerprint density at radius 2 is 2.04 bits per heavy atom. The fourth-order valence-electron chi connectivity index (χ4n) is 3.34. The van der Waals surface area contributed by atoms with Crippen LogP contribution in [-0.2, 0) is 6.18 Å². The molecule has 25 heavy (non-hydrogen) atoms. The molecule has 0 spiro atoms. The van der Waals surface area contributed by atoms with Crippen molar-refractivity contribution >= 4 is 33.8 Å². The second kappa shape index (κ2) is 5.48. The first-order chi connectivity index (χ1) is 11.8. The second-order valence-electron chi connectivity index (χ2n) is 6.21. The van der Waals surface area contributed by atoms with E-state index in [1.807, 2.05) is 4.90 Å². The van der Waals surface area contributed by atoms with E-state index in [-0.39, 0.29) is 34.1 Å². The van der Waals surface area contributed by atoms with Gasteiger partial charge in [-0.1, -0.05) is 6.07 Å². The Balaban J connectivity index is 2.00. The van der Waals surface area contributed by atoms with Crippen molar-refractivity contribution < 1.29 is 17.6 Å². The molecular formula is C16H16F3N5O. The lowest BCUT2D eigenvalue weighted by Crippen LogP contribution is -2.43. The predicted octanol–water partition coefficient (Wildman–Crippen LogP) is 2.90. The molecule has 0 amide bonds. The highest BCUT2D eigenvalue weighted by atomic mass is 19.4. The SMILES string of the molecule is Nc1nc(N2CCCC(N)C2)c2oc3cccc(C(F)(F)F)c3c2n1. The van der Waals surface area contributed by atoms with Crippen LogP contribution in [0.25, 0.3) is 22.1 Å². The van der Waals surface area contributed by atoms with Crippen LogP contribution in [0.1, 0.15) is 18.4 Å². The molecule has 1 aliphatic heterocycles. The summed E-state index contributed by atoms with van der Waals surface area (Å²) in [5.74, 6) is 0.295. The molecule has 2 aromatic heterocycles. The Morgan fingerprint density at radius 1 is 1.24 bits per heavy atom. The van der Waals surface area contributed by atoms with E-state index < -0.39 is 11.7 Å². The van der Waals surface area contributed by atoms with Crippen molar-refractivity contribution in [2.24, 2.45) is 5.73 Å². The third kappa shape index (κ3) is 2.64. The number of furan rings is 1. The third-order valence-corrected chi connectivity index (χ3v) is 4.40. The largest absolute Gasteiger partial charge is 0.450 e. The number of piperidine rings is 1. The van der Waals surface area contributed by atoms with Gasteiger partial charge in [-0.3, -0.25) is 0 Å². The molecule has 1 saturated heterocycles. The Labute approximate surface area is 140 Å². The van der Waals surface area contributed by atoms with Gasteiger partial charge in [-0.25, -0.2) is 4.98 Å². The minimum atomic E-state index is -4.52. The van der Waals surface area contributed by atoms with E-state index in [1.165, 1.54) is 12.1 Å². The van der Waals surface area contributed by atoms with Crippen LogP contribution >= 0.6 is 0 Å². The number of hydrogen-bond donors (Lipinski definition) is 2. The van der Waals surface area contributed by atoms with Gasteiger partial charge in [0.15, 0.2) is 11.4 Å². The molecule has 1 aromatic carbocycles. The van der Waals surface area contributed by atoms with Gasteiger partial charge in [0.05, 0.1) is 10.9 Å². The smallest absolute Gasteiger partial charge is 0.417 e. The van der Waals surface area contributed by atoms with Gasteiger partial charge in [-0.15, -0.1) is 0 Å². The molecule has 1 atom stereocenters. The molecule has 4 rings (SSSR count). The van der Waals surface area contributed by atoms with Crippen molar-refractivity contribution in [3.63, 3.8) is 0 Å². The van der Waals surface area contributed by atoms with Crippen molar-refractivity contribution in [3.8, 4) is 0 Å². The molecule has 1 aliphatic rings. The van der Waals surface area contributed by atoms with Gasteiger partial charge in [0.2, 0.25) is 5.95 Å². The van der Waals surface area contributed by atoms with Crippen LogP contribution in [0.15, 0.2) is 22.6 Å². The average molecular weight is 351 g/mol. The van der Waals surface area contributed by atoms with Crippen molar-refractivity contribution in [2.45, 2.75) is 25.1 Å². The number of rotatable bonds is 1. The number of aromatic nitrogens is 2. The van der Waals surface area contributed by atoms with Crippen LogP contribution in [0.5, 0.6) is 0 Å². The number of nitrogens with zero attached hydrogens (tertiary/aromatic N) is 3. The zero-order valence-corrected chi connectivity index (χ0v) is 13.2. The molecular weight excluding hydrogens is 335 g/mol. The summed E-state index contributed by atoms with van der Waals surface area (Å²) in [5, 5.41) is -0.0957. The zero-order valence-electron chi connectivity index (χ0n) is 13.2. The first-order valence-electron chi connectivity index (χ1n) is 7.91. The summed E-state index contributed by atoms with van der Waals surface area (Å²) in [7, 11) is 0. The van der Waals surface area contributed by atoms with Gasteiger partial charge >= 0.3 is 6.18 Å². The quantitative estimate of drug-likeness (QED) is 0.700. The topological polar surface area (TPSA) is 94.2 Å². The molecule has 1 unspecified atom stereocenters. The van der Waals surface area contributed by atoms with Crippen molar-refractivity contribution in [1.29, 1.82) is 0 Å². The van der Waals surface area contributed by atoms with Crippen molar-refractivity contribution in [3.05, 3.63) is 23.8 Å². The van der Waals surface area contributed by atoms with Gasteiger partial charge in [0, 0.05) is 19.1 Å². The molecule has 3 heterocycles. The Kier molecular flexibility index (Phi) is 3.50. The van der Waals surface area contributed by atoms with Crippen LogP contribution in [0, 0.1) is 0 Å². The lowest BCUT2D eigenvalue weighted by atomic mass is 10.1. The number of hydrogen-bond acceptors (Lipinski definition) is 6. The van der Waals surface area contributed by atoms with Crippen LogP contribution < -0.4 is 16.4 Å². The minimum absolute atomic E-state index is 0.0323. The fourth-order valence-corrected chi connectivity index (χ4v) is 3.34. The van der Waals surface area contributed by atoms with Crippen molar-refractivity contribution in [1.82, 2.24) is 9.97 Å². The third-order valence-electron chi connectivity index (χ3n) is 4.40. The number of benzene rings is 1. The van der Waals surface area contributed by atoms with Gasteiger partial charge in [-0.2, -0.15) is 18.2 Å². The number of halogens is 3. The summed E-state index contributed by atoms with van der Waals surface area (Å²) in [5.41, 5.74) is 11.4. The maximum atomic E-state index is 13.4. The highest BCUT2D eigenvalue weighted by Crippen LogP contribution is 2.41. The molecule has 3 aromatic rings. The molecule has 0 bridgehead atoms. The number of fused-ring (bicyclic) bond motifs is 3. The Morgan fingerprint density at radius 3 is 2.76 bits per heavy atom. The van der Waals surface area contributed by atoms with E-state index in [9.17, 15) is 13.2 Å². The van der Waals surface area contributed by atoms with E-state index in [1.54, 1.807) is 0 Å². The Bertz CT molecular complexity index is 952. The molecule has 9 heteroatoms. The second-order valence-corrected chi connectivity index (χ2v) is 6.21. The lowest BCUT2D eigenvalue weighted by molar-refractivity contribution is -0.136. The maximum absolute atomic E-state index is 13.4. The molecule has 1 fully saturated rings. The van der Waals surface area contributed by atoms with Crippen LogP contribution in [0.2, 0.25) is 0 Å². The number of nitrogen functional groups attached to an aromatic ring is 1. The van der Waals surface area contributed by atoms with E-state index >= 15 is 0 Å². The zero-order chi connectivity index (χ0) is 17.8. The molecule has 4 N–H and O–H groups in total. The number of anilines is 2. The predicted molar refractivity (Wildman–Crippen MR) is 88.1 cm³/mol.